The average molecular weight is 417 g/mol. The van der Waals surface area contributed by atoms with Crippen LogP contribution in [0.2, 0.25) is 0 Å². The quantitative estimate of drug-likeness (QED) is 0.180. The van der Waals surface area contributed by atoms with Crippen LogP contribution in [-0.4, -0.2) is 77.2 Å². The van der Waals surface area contributed by atoms with E-state index in [1.807, 2.05) is 5.32 Å². The Morgan fingerprint density at radius 2 is 1.86 bits per heavy atom. The number of hydrogen-bond donors (Lipinski definition) is 6. The zero-order valence-electron chi connectivity index (χ0n) is 14.1. The van der Waals surface area contributed by atoms with Gasteiger partial charge in [0.25, 0.3) is 11.8 Å². The van der Waals surface area contributed by atoms with Crippen LogP contribution in [0.25, 0.3) is 0 Å². The molecule has 14 nitrogen and oxygen atoms in total. The summed E-state index contributed by atoms with van der Waals surface area (Å²) in [5, 5.41) is 29.4. The van der Waals surface area contributed by atoms with E-state index in [1.54, 1.807) is 4.83 Å². The summed E-state index contributed by atoms with van der Waals surface area (Å²) in [4.78, 5) is 48.2. The highest BCUT2D eigenvalue weighted by Crippen LogP contribution is 2.25. The van der Waals surface area contributed by atoms with Crippen LogP contribution in [0.1, 0.15) is 10.4 Å². The molecule has 0 bridgehead atoms. The summed E-state index contributed by atoms with van der Waals surface area (Å²) in [6, 6.07) is 0.531. The highest BCUT2D eigenvalue weighted by atomic mass is 32.2. The fourth-order valence-corrected chi connectivity index (χ4v) is 2.96. The number of aromatic hydroxyl groups is 2. The van der Waals surface area contributed by atoms with Crippen LogP contribution in [0.3, 0.4) is 0 Å². The Kier molecular flexibility index (Phi) is 5.60. The van der Waals surface area contributed by atoms with E-state index in [-0.39, 0.29) is 12.1 Å². The van der Waals surface area contributed by atoms with Gasteiger partial charge >= 0.3 is 22.3 Å². The maximum atomic E-state index is 12.1. The van der Waals surface area contributed by atoms with Crippen LogP contribution in [0.5, 0.6) is 11.5 Å². The van der Waals surface area contributed by atoms with E-state index in [9.17, 15) is 37.8 Å². The number of carbonyl (C=O) groups is 4. The van der Waals surface area contributed by atoms with Crippen LogP contribution in [-0.2, 0) is 15.0 Å². The molecule has 28 heavy (non-hydrogen) atoms. The molecule has 152 valence electrons. The summed E-state index contributed by atoms with van der Waals surface area (Å²) in [5.41, 5.74) is -0.174. The number of amides is 5. The Balaban J connectivity index is 1.96. The number of carbonyl (C=O) groups excluding carboxylic acids is 3. The van der Waals surface area contributed by atoms with Crippen molar-refractivity contribution in [3.63, 3.8) is 0 Å². The second-order valence-corrected chi connectivity index (χ2v) is 6.91. The minimum Gasteiger partial charge on any atom is -0.504 e. The Morgan fingerprint density at radius 3 is 2.39 bits per heavy atom. The molecule has 1 aromatic rings. The van der Waals surface area contributed by atoms with Gasteiger partial charge in [-0.3, -0.25) is 19.5 Å². The van der Waals surface area contributed by atoms with E-state index < -0.39 is 51.7 Å². The number of hydrazine groups is 1. The van der Waals surface area contributed by atoms with Crippen molar-refractivity contribution in [2.75, 3.05) is 13.6 Å². The van der Waals surface area contributed by atoms with Gasteiger partial charge in [-0.1, -0.05) is 0 Å². The SMILES string of the molecule is CN(NS(=O)(=O)NC(=O)N1CC(NC(=O)O)C1=O)C(=O)c1ccc(O)c(O)c1. The molecule has 0 spiro atoms. The molecule has 5 amide bonds. The van der Waals surface area contributed by atoms with E-state index in [0.717, 1.165) is 25.2 Å². The Labute approximate surface area is 157 Å². The highest BCUT2D eigenvalue weighted by molar-refractivity contribution is 7.88. The van der Waals surface area contributed by atoms with E-state index in [1.165, 1.54) is 4.72 Å². The van der Waals surface area contributed by atoms with Crippen LogP contribution in [0.15, 0.2) is 18.2 Å². The third kappa shape index (κ3) is 4.57. The van der Waals surface area contributed by atoms with Gasteiger partial charge in [0.1, 0.15) is 6.04 Å². The molecule has 0 radical (unpaired) electrons. The monoisotopic (exact) mass is 417 g/mol. The van der Waals surface area contributed by atoms with Crippen molar-refractivity contribution in [3.05, 3.63) is 23.8 Å². The molecule has 1 saturated heterocycles. The van der Waals surface area contributed by atoms with Crippen LogP contribution < -0.4 is 14.9 Å². The molecule has 6 N–H and O–H groups in total. The second kappa shape index (κ2) is 7.57. The number of phenolic OH excluding ortho intramolecular Hbond substituents is 2. The van der Waals surface area contributed by atoms with Gasteiger partial charge in [0.15, 0.2) is 11.5 Å². The molecule has 1 aliphatic rings. The van der Waals surface area contributed by atoms with E-state index >= 15 is 0 Å². The van der Waals surface area contributed by atoms with Crippen molar-refractivity contribution < 1.29 is 42.9 Å². The fourth-order valence-electron chi connectivity index (χ4n) is 2.13. The van der Waals surface area contributed by atoms with Crippen molar-refractivity contribution in [1.82, 2.24) is 24.8 Å². The number of rotatable bonds is 5. The number of likely N-dealkylation sites (tertiary alicyclic amines) is 1. The number of nitrogens with one attached hydrogen (secondary N) is 3. The maximum Gasteiger partial charge on any atom is 0.405 e. The van der Waals surface area contributed by atoms with Crippen molar-refractivity contribution >= 4 is 34.1 Å². The van der Waals surface area contributed by atoms with Gasteiger partial charge in [0, 0.05) is 12.6 Å². The van der Waals surface area contributed by atoms with Crippen LogP contribution in [0, 0.1) is 0 Å². The number of phenols is 2. The number of carboxylic acid groups (broad SMARTS) is 1. The highest BCUT2D eigenvalue weighted by Gasteiger charge is 2.43. The van der Waals surface area contributed by atoms with Gasteiger partial charge in [0.2, 0.25) is 0 Å². The van der Waals surface area contributed by atoms with Crippen LogP contribution in [0.4, 0.5) is 9.59 Å². The summed E-state index contributed by atoms with van der Waals surface area (Å²) in [6.07, 6.45) is -1.48. The predicted octanol–water partition coefficient (Wildman–Crippen LogP) is -1.89. The first-order valence-corrected chi connectivity index (χ1v) is 8.84. The first kappa shape index (κ1) is 20.7. The largest absolute Gasteiger partial charge is 0.504 e. The molecule has 0 aromatic heterocycles. The average Bonchev–Trinajstić information content (AvgIpc) is 2.58. The van der Waals surface area contributed by atoms with Gasteiger partial charge in [0.05, 0.1) is 6.54 Å². The lowest BCUT2D eigenvalue weighted by atomic mass is 10.1. The minimum absolute atomic E-state index is 0.174. The number of β-lactam (4-membered cyclic amide) rings is 1. The molecule has 1 unspecified atom stereocenters. The molecule has 2 rings (SSSR count). The number of nitrogens with zero attached hydrogens (tertiary/aromatic N) is 2. The molecular formula is C13H15N5O9S. The van der Waals surface area contributed by atoms with Gasteiger partial charge < -0.3 is 20.6 Å². The molecule has 0 saturated carbocycles. The van der Waals surface area contributed by atoms with E-state index in [4.69, 9.17) is 5.11 Å². The van der Waals surface area contributed by atoms with Crippen molar-refractivity contribution in [3.8, 4) is 11.5 Å². The number of hydrogen-bond acceptors (Lipinski definition) is 8. The molecule has 1 aliphatic heterocycles. The zero-order valence-corrected chi connectivity index (χ0v) is 14.9. The van der Waals surface area contributed by atoms with Crippen molar-refractivity contribution in [1.29, 1.82) is 0 Å². The predicted molar refractivity (Wildman–Crippen MR) is 89.1 cm³/mol. The normalized spacial score (nSPS) is 16.1. The second-order valence-electron chi connectivity index (χ2n) is 5.52. The molecule has 1 heterocycles. The first-order chi connectivity index (χ1) is 12.9. The third-order valence-electron chi connectivity index (χ3n) is 3.48. The Morgan fingerprint density at radius 1 is 1.21 bits per heavy atom. The lowest BCUT2D eigenvalue weighted by molar-refractivity contribution is -0.138. The molecule has 1 fully saturated rings. The number of imide groups is 1. The fraction of sp³-hybridized carbons (Fsp3) is 0.231. The van der Waals surface area contributed by atoms with Crippen LogP contribution >= 0.6 is 0 Å². The molecule has 1 aromatic carbocycles. The Hall–Kier alpha value is -3.59. The summed E-state index contributed by atoms with van der Waals surface area (Å²) >= 11 is 0. The standard InChI is InChI=1S/C13H15N5O9S/c1-17(10(21)6-2-3-8(19)9(20)4-6)16-28(26,27)15-12(23)18-5-7(11(18)22)14-13(24)25/h2-4,7,14,16,19-20H,5H2,1H3,(H,15,23)(H,24,25). The lowest BCUT2D eigenvalue weighted by Crippen LogP contribution is -2.68. The molecule has 15 heteroatoms. The zero-order chi connectivity index (χ0) is 21.2. The van der Waals surface area contributed by atoms with E-state index in [0.29, 0.717) is 9.91 Å². The minimum atomic E-state index is -4.62. The summed E-state index contributed by atoms with van der Waals surface area (Å²) < 4.78 is 25.4. The van der Waals surface area contributed by atoms with Gasteiger partial charge in [-0.25, -0.2) is 14.3 Å². The molecular weight excluding hydrogens is 402 g/mol. The van der Waals surface area contributed by atoms with Gasteiger partial charge in [-0.15, -0.1) is 4.83 Å². The van der Waals surface area contributed by atoms with Gasteiger partial charge in [-0.05, 0) is 18.2 Å². The number of benzene rings is 1. The summed E-state index contributed by atoms with van der Waals surface area (Å²) in [7, 11) is -3.61. The summed E-state index contributed by atoms with van der Waals surface area (Å²) in [5.74, 6) is -2.96. The summed E-state index contributed by atoms with van der Waals surface area (Å²) in [6.45, 7) is -0.367. The maximum absolute atomic E-state index is 12.1. The molecule has 1 atom stereocenters. The van der Waals surface area contributed by atoms with Gasteiger partial charge in [-0.2, -0.15) is 8.42 Å². The van der Waals surface area contributed by atoms with Crippen molar-refractivity contribution in [2.45, 2.75) is 6.04 Å². The smallest absolute Gasteiger partial charge is 0.405 e. The number of urea groups is 1. The topological polar surface area (TPSA) is 206 Å². The Bertz CT molecular complexity index is 948. The lowest BCUT2D eigenvalue weighted by Gasteiger charge is -2.35. The van der Waals surface area contributed by atoms with E-state index in [2.05, 4.69) is 0 Å². The first-order valence-electron chi connectivity index (χ1n) is 7.36. The third-order valence-corrected chi connectivity index (χ3v) is 4.44. The van der Waals surface area contributed by atoms with Crippen molar-refractivity contribution in [2.24, 2.45) is 0 Å². The molecule has 0 aliphatic carbocycles.